The van der Waals surface area contributed by atoms with Gasteiger partial charge in [-0.3, -0.25) is 0 Å². The van der Waals surface area contributed by atoms with Crippen LogP contribution >= 0.6 is 11.6 Å². The van der Waals surface area contributed by atoms with Crippen molar-refractivity contribution in [2.45, 2.75) is 18.4 Å². The normalized spacial score (nSPS) is 21.4. The smallest absolute Gasteiger partial charge is 0.315 e. The van der Waals surface area contributed by atoms with Crippen molar-refractivity contribution in [2.24, 2.45) is 0 Å². The number of methoxy groups -OCH3 is 1. The molecule has 18 heavy (non-hydrogen) atoms. The number of halogens is 1. The van der Waals surface area contributed by atoms with E-state index in [1.54, 1.807) is 7.11 Å². The van der Waals surface area contributed by atoms with Gasteiger partial charge in [0.25, 0.3) is 0 Å². The molecule has 1 aromatic rings. The average molecular weight is 269 g/mol. The maximum absolute atomic E-state index is 11.5. The Kier molecular flexibility index (Phi) is 4.44. The molecule has 0 aromatic heterocycles. The van der Waals surface area contributed by atoms with E-state index in [9.17, 15) is 4.79 Å². The summed E-state index contributed by atoms with van der Waals surface area (Å²) >= 11 is 5.84. The predicted octanol–water partition coefficient (Wildman–Crippen LogP) is 2.14. The van der Waals surface area contributed by atoms with Crippen LogP contribution in [0.3, 0.4) is 0 Å². The van der Waals surface area contributed by atoms with Crippen LogP contribution in [0, 0.1) is 0 Å². The molecule has 1 aromatic carbocycles. The second-order valence-corrected chi connectivity index (χ2v) is 4.83. The maximum Gasteiger partial charge on any atom is 0.315 e. The molecule has 1 fully saturated rings. The minimum absolute atomic E-state index is 0.131. The fourth-order valence-corrected chi connectivity index (χ4v) is 2.04. The van der Waals surface area contributed by atoms with Crippen LogP contribution in [0.15, 0.2) is 24.3 Å². The SMILES string of the molecule is COCCNC(=O)N[C@H]1C[C@H]1c1ccc(Cl)cc1. The molecule has 4 nitrogen and oxygen atoms in total. The molecule has 2 N–H and O–H groups in total. The molecule has 0 heterocycles. The summed E-state index contributed by atoms with van der Waals surface area (Å²) in [6.45, 7) is 1.05. The van der Waals surface area contributed by atoms with Crippen LogP contribution in [-0.2, 0) is 4.74 Å². The monoisotopic (exact) mass is 268 g/mol. The number of urea groups is 1. The highest BCUT2D eigenvalue weighted by Gasteiger charge is 2.39. The highest BCUT2D eigenvalue weighted by molar-refractivity contribution is 6.30. The van der Waals surface area contributed by atoms with Crippen molar-refractivity contribution in [1.82, 2.24) is 10.6 Å². The summed E-state index contributed by atoms with van der Waals surface area (Å²) in [5.41, 5.74) is 1.22. The number of ether oxygens (including phenoxy) is 1. The van der Waals surface area contributed by atoms with Gasteiger partial charge >= 0.3 is 6.03 Å². The fourth-order valence-electron chi connectivity index (χ4n) is 1.92. The molecule has 2 atom stereocenters. The van der Waals surface area contributed by atoms with Gasteiger partial charge < -0.3 is 15.4 Å². The first-order valence-electron chi connectivity index (χ1n) is 5.99. The molecular formula is C13H17ClN2O2. The molecule has 0 bridgehead atoms. The molecule has 0 radical (unpaired) electrons. The van der Waals surface area contributed by atoms with Gasteiger partial charge in [-0.1, -0.05) is 23.7 Å². The van der Waals surface area contributed by atoms with E-state index < -0.39 is 0 Å². The Bertz CT molecular complexity index is 408. The molecule has 0 saturated heterocycles. The lowest BCUT2D eigenvalue weighted by Crippen LogP contribution is -2.38. The van der Waals surface area contributed by atoms with Gasteiger partial charge in [0.15, 0.2) is 0 Å². The minimum atomic E-state index is -0.131. The third kappa shape index (κ3) is 3.62. The second kappa shape index (κ2) is 6.07. The lowest BCUT2D eigenvalue weighted by atomic mass is 10.1. The molecule has 2 rings (SSSR count). The average Bonchev–Trinajstić information content (AvgIpc) is 3.09. The van der Waals surface area contributed by atoms with E-state index in [1.807, 2.05) is 24.3 Å². The Balaban J connectivity index is 1.74. The third-order valence-electron chi connectivity index (χ3n) is 3.00. The fraction of sp³-hybridized carbons (Fsp3) is 0.462. The van der Waals surface area contributed by atoms with Gasteiger partial charge in [0, 0.05) is 30.6 Å². The Hall–Kier alpha value is -1.26. The van der Waals surface area contributed by atoms with E-state index >= 15 is 0 Å². The Morgan fingerprint density at radius 1 is 1.44 bits per heavy atom. The summed E-state index contributed by atoms with van der Waals surface area (Å²) in [6.07, 6.45) is 0.985. The van der Waals surface area contributed by atoms with Gasteiger partial charge in [0.1, 0.15) is 0 Å². The molecule has 5 heteroatoms. The summed E-state index contributed by atoms with van der Waals surface area (Å²) in [7, 11) is 1.61. The maximum atomic E-state index is 11.5. The molecular weight excluding hydrogens is 252 g/mol. The van der Waals surface area contributed by atoms with Crippen molar-refractivity contribution in [3.8, 4) is 0 Å². The zero-order valence-corrected chi connectivity index (χ0v) is 11.0. The number of amides is 2. The van der Waals surface area contributed by atoms with Crippen molar-refractivity contribution in [3.63, 3.8) is 0 Å². The van der Waals surface area contributed by atoms with Gasteiger partial charge in [-0.2, -0.15) is 0 Å². The summed E-state index contributed by atoms with van der Waals surface area (Å²) in [4.78, 5) is 11.5. The van der Waals surface area contributed by atoms with Gasteiger partial charge in [-0.05, 0) is 24.1 Å². The highest BCUT2D eigenvalue weighted by Crippen LogP contribution is 2.40. The zero-order valence-electron chi connectivity index (χ0n) is 10.3. The summed E-state index contributed by atoms with van der Waals surface area (Å²) < 4.78 is 4.86. The second-order valence-electron chi connectivity index (χ2n) is 4.39. The zero-order chi connectivity index (χ0) is 13.0. The van der Waals surface area contributed by atoms with Crippen molar-refractivity contribution < 1.29 is 9.53 Å². The van der Waals surface area contributed by atoms with E-state index in [1.165, 1.54) is 5.56 Å². The van der Waals surface area contributed by atoms with Crippen LogP contribution in [-0.4, -0.2) is 32.3 Å². The van der Waals surface area contributed by atoms with Gasteiger partial charge in [0.2, 0.25) is 0 Å². The van der Waals surface area contributed by atoms with Gasteiger partial charge in [-0.15, -0.1) is 0 Å². The van der Waals surface area contributed by atoms with Crippen LogP contribution in [0.5, 0.6) is 0 Å². The van der Waals surface area contributed by atoms with Crippen molar-refractivity contribution >= 4 is 17.6 Å². The van der Waals surface area contributed by atoms with Gasteiger partial charge in [-0.25, -0.2) is 4.79 Å². The number of hydrogen-bond donors (Lipinski definition) is 2. The molecule has 0 unspecified atom stereocenters. The molecule has 1 aliphatic rings. The number of rotatable bonds is 5. The lowest BCUT2D eigenvalue weighted by molar-refractivity contribution is 0.195. The van der Waals surface area contributed by atoms with Crippen molar-refractivity contribution in [1.29, 1.82) is 0 Å². The van der Waals surface area contributed by atoms with Crippen LogP contribution < -0.4 is 10.6 Å². The van der Waals surface area contributed by atoms with Crippen molar-refractivity contribution in [3.05, 3.63) is 34.9 Å². The first kappa shape index (κ1) is 13.2. The van der Waals surface area contributed by atoms with E-state index in [2.05, 4.69) is 10.6 Å². The number of carbonyl (C=O) groups is 1. The predicted molar refractivity (Wildman–Crippen MR) is 71.0 cm³/mol. The lowest BCUT2D eigenvalue weighted by Gasteiger charge is -2.06. The summed E-state index contributed by atoms with van der Waals surface area (Å²) in [6, 6.07) is 7.88. The quantitative estimate of drug-likeness (QED) is 0.804. The molecule has 0 aliphatic heterocycles. The Morgan fingerprint density at radius 2 is 2.17 bits per heavy atom. The van der Waals surface area contributed by atoms with Crippen LogP contribution in [0.4, 0.5) is 4.79 Å². The first-order chi connectivity index (χ1) is 8.70. The minimum Gasteiger partial charge on any atom is -0.383 e. The number of hydrogen-bond acceptors (Lipinski definition) is 2. The Labute approximate surface area is 112 Å². The number of benzene rings is 1. The molecule has 1 saturated carbocycles. The van der Waals surface area contributed by atoms with E-state index in [0.29, 0.717) is 19.1 Å². The van der Waals surface area contributed by atoms with E-state index in [0.717, 1.165) is 11.4 Å². The van der Waals surface area contributed by atoms with Gasteiger partial charge in [0.05, 0.1) is 6.61 Å². The van der Waals surface area contributed by atoms with Crippen LogP contribution in [0.1, 0.15) is 17.9 Å². The van der Waals surface area contributed by atoms with E-state index in [-0.39, 0.29) is 12.1 Å². The number of carbonyl (C=O) groups excluding carboxylic acids is 1. The largest absolute Gasteiger partial charge is 0.383 e. The third-order valence-corrected chi connectivity index (χ3v) is 3.25. The standard InChI is InChI=1S/C13H17ClN2O2/c1-18-7-6-15-13(17)16-12-8-11(12)9-2-4-10(14)5-3-9/h2-5,11-12H,6-8H2,1H3,(H2,15,16,17)/t11-,12-/m0/s1. The molecule has 1 aliphatic carbocycles. The Morgan fingerprint density at radius 3 is 2.83 bits per heavy atom. The summed E-state index contributed by atoms with van der Waals surface area (Å²) in [5, 5.41) is 6.41. The molecule has 98 valence electrons. The van der Waals surface area contributed by atoms with Crippen LogP contribution in [0.2, 0.25) is 5.02 Å². The van der Waals surface area contributed by atoms with Crippen molar-refractivity contribution in [2.75, 3.05) is 20.3 Å². The highest BCUT2D eigenvalue weighted by atomic mass is 35.5. The number of nitrogens with one attached hydrogen (secondary N) is 2. The first-order valence-corrected chi connectivity index (χ1v) is 6.37. The molecule has 2 amide bonds. The topological polar surface area (TPSA) is 50.4 Å². The van der Waals surface area contributed by atoms with Crippen LogP contribution in [0.25, 0.3) is 0 Å². The van der Waals surface area contributed by atoms with E-state index in [4.69, 9.17) is 16.3 Å². The molecule has 0 spiro atoms. The summed E-state index contributed by atoms with van der Waals surface area (Å²) in [5.74, 6) is 0.412.